The first kappa shape index (κ1) is 14.8. The van der Waals surface area contributed by atoms with Gasteiger partial charge in [-0.15, -0.1) is 11.6 Å². The van der Waals surface area contributed by atoms with Gasteiger partial charge >= 0.3 is 0 Å². The van der Waals surface area contributed by atoms with Gasteiger partial charge < -0.3 is 14.2 Å². The summed E-state index contributed by atoms with van der Waals surface area (Å²) in [4.78, 5) is 0. The second-order valence-electron chi connectivity index (χ2n) is 4.34. The topological polar surface area (TPSA) is 27.7 Å². The fourth-order valence-corrected chi connectivity index (χ4v) is 2.14. The van der Waals surface area contributed by atoms with Gasteiger partial charge in [-0.2, -0.15) is 0 Å². The minimum Gasteiger partial charge on any atom is -0.493 e. The Kier molecular flexibility index (Phi) is 5.36. The molecule has 3 nitrogen and oxygen atoms in total. The number of halogens is 1. The van der Waals surface area contributed by atoms with Gasteiger partial charge in [0, 0.05) is 16.8 Å². The largest absolute Gasteiger partial charge is 0.493 e. The molecule has 0 aliphatic rings. The molecule has 0 aliphatic heterocycles. The Bertz CT molecular complexity index is 569. The monoisotopic (exact) mass is 294 g/mol. The van der Waals surface area contributed by atoms with Crippen molar-refractivity contribution in [2.24, 2.45) is 0 Å². The van der Waals surface area contributed by atoms with Crippen LogP contribution >= 0.6 is 11.6 Å². The van der Waals surface area contributed by atoms with Crippen LogP contribution in [0, 0.1) is 0 Å². The maximum Gasteiger partial charge on any atom is 0.169 e. The molecule has 2 aromatic carbocycles. The molecule has 2 aromatic rings. The van der Waals surface area contributed by atoms with Crippen molar-refractivity contribution in [3.8, 4) is 17.2 Å². The molecule has 0 fully saturated rings. The van der Waals surface area contributed by atoms with E-state index in [-0.39, 0.29) is 0 Å². The van der Waals surface area contributed by atoms with Crippen LogP contribution in [0.4, 0.5) is 0 Å². The summed E-state index contributed by atoms with van der Waals surface area (Å²) in [6.07, 6.45) is 0.946. The van der Waals surface area contributed by atoms with Crippen LogP contribution in [0.1, 0.15) is 13.3 Å². The van der Waals surface area contributed by atoms with Gasteiger partial charge in [0.05, 0.1) is 19.6 Å². The van der Waals surface area contributed by atoms with Crippen LogP contribution in [-0.4, -0.2) is 26.2 Å². The Balaban J connectivity index is 2.54. The second-order valence-corrected chi connectivity index (χ2v) is 4.72. The molecule has 0 unspecified atom stereocenters. The maximum absolute atomic E-state index is 5.84. The highest BCUT2D eigenvalue weighted by Crippen LogP contribution is 2.41. The summed E-state index contributed by atoms with van der Waals surface area (Å²) < 4.78 is 17.0. The van der Waals surface area contributed by atoms with E-state index < -0.39 is 0 Å². The molecular weight excluding hydrogens is 276 g/mol. The average molecular weight is 295 g/mol. The first-order chi connectivity index (χ1) is 9.81. The first-order valence-electron chi connectivity index (χ1n) is 6.73. The highest BCUT2D eigenvalue weighted by molar-refractivity contribution is 6.18. The molecule has 0 atom stereocenters. The standard InChI is InChI=1S/C16H19ClO3/c1-3-9-20-16-13-7-5-4-6-12(13)14(19-10-8-17)11-15(16)18-2/h4-7,11H,3,8-10H2,1-2H3. The van der Waals surface area contributed by atoms with E-state index in [4.69, 9.17) is 25.8 Å². The van der Waals surface area contributed by atoms with Crippen LogP contribution in [0.5, 0.6) is 17.2 Å². The van der Waals surface area contributed by atoms with Crippen molar-refractivity contribution in [3.05, 3.63) is 30.3 Å². The molecule has 0 radical (unpaired) electrons. The Labute approximate surface area is 124 Å². The fourth-order valence-electron chi connectivity index (χ4n) is 2.06. The zero-order valence-electron chi connectivity index (χ0n) is 11.8. The number of ether oxygens (including phenoxy) is 3. The van der Waals surface area contributed by atoms with Crippen LogP contribution in [0.15, 0.2) is 30.3 Å². The lowest BCUT2D eigenvalue weighted by atomic mass is 10.1. The van der Waals surface area contributed by atoms with E-state index >= 15 is 0 Å². The Morgan fingerprint density at radius 2 is 1.75 bits per heavy atom. The lowest BCUT2D eigenvalue weighted by molar-refractivity contribution is 0.295. The molecule has 0 amide bonds. The summed E-state index contributed by atoms with van der Waals surface area (Å²) in [5.74, 6) is 2.66. The minimum absolute atomic E-state index is 0.449. The summed E-state index contributed by atoms with van der Waals surface area (Å²) in [7, 11) is 1.63. The summed E-state index contributed by atoms with van der Waals surface area (Å²) in [6.45, 7) is 3.19. The van der Waals surface area contributed by atoms with Gasteiger partial charge in [0.15, 0.2) is 11.5 Å². The molecule has 20 heavy (non-hydrogen) atoms. The Morgan fingerprint density at radius 1 is 1.00 bits per heavy atom. The van der Waals surface area contributed by atoms with Crippen LogP contribution in [0.3, 0.4) is 0 Å². The van der Waals surface area contributed by atoms with Crippen molar-refractivity contribution < 1.29 is 14.2 Å². The third-order valence-electron chi connectivity index (χ3n) is 2.93. The average Bonchev–Trinajstić information content (AvgIpc) is 2.50. The van der Waals surface area contributed by atoms with Crippen molar-refractivity contribution in [2.45, 2.75) is 13.3 Å². The van der Waals surface area contributed by atoms with Gasteiger partial charge in [-0.25, -0.2) is 0 Å². The number of hydrogen-bond acceptors (Lipinski definition) is 3. The van der Waals surface area contributed by atoms with E-state index in [9.17, 15) is 0 Å². The van der Waals surface area contributed by atoms with Crippen molar-refractivity contribution in [2.75, 3.05) is 26.2 Å². The summed E-state index contributed by atoms with van der Waals surface area (Å²) in [6, 6.07) is 9.84. The third kappa shape index (κ3) is 3.10. The van der Waals surface area contributed by atoms with Gasteiger partial charge in [-0.05, 0) is 6.42 Å². The van der Waals surface area contributed by atoms with E-state index in [1.165, 1.54) is 0 Å². The van der Waals surface area contributed by atoms with Crippen LogP contribution < -0.4 is 14.2 Å². The molecule has 0 aromatic heterocycles. The molecule has 0 bridgehead atoms. The van der Waals surface area contributed by atoms with Crippen LogP contribution in [-0.2, 0) is 0 Å². The van der Waals surface area contributed by atoms with E-state index in [1.807, 2.05) is 30.3 Å². The normalized spacial score (nSPS) is 10.6. The number of benzene rings is 2. The molecule has 0 heterocycles. The van der Waals surface area contributed by atoms with Crippen molar-refractivity contribution in [3.63, 3.8) is 0 Å². The number of methoxy groups -OCH3 is 1. The van der Waals surface area contributed by atoms with Crippen LogP contribution in [0.2, 0.25) is 0 Å². The Morgan fingerprint density at radius 3 is 2.40 bits per heavy atom. The zero-order chi connectivity index (χ0) is 14.4. The molecule has 0 N–H and O–H groups in total. The lowest BCUT2D eigenvalue weighted by Crippen LogP contribution is -2.02. The van der Waals surface area contributed by atoms with Crippen molar-refractivity contribution in [1.29, 1.82) is 0 Å². The van der Waals surface area contributed by atoms with Gasteiger partial charge in [0.2, 0.25) is 0 Å². The summed E-state index contributed by atoms with van der Waals surface area (Å²) in [5.41, 5.74) is 0. The second kappa shape index (κ2) is 7.25. The SMILES string of the molecule is CCCOc1c(OC)cc(OCCCl)c2ccccc12. The molecule has 108 valence electrons. The van der Waals surface area contributed by atoms with Crippen molar-refractivity contribution in [1.82, 2.24) is 0 Å². The number of alkyl halides is 1. The van der Waals surface area contributed by atoms with E-state index in [2.05, 4.69) is 6.92 Å². The molecule has 2 rings (SSSR count). The predicted molar refractivity (Wildman–Crippen MR) is 82.5 cm³/mol. The molecule has 0 aliphatic carbocycles. The highest BCUT2D eigenvalue weighted by Gasteiger charge is 2.14. The number of rotatable bonds is 7. The highest BCUT2D eigenvalue weighted by atomic mass is 35.5. The van der Waals surface area contributed by atoms with Crippen molar-refractivity contribution >= 4 is 22.4 Å². The third-order valence-corrected chi connectivity index (χ3v) is 3.08. The van der Waals surface area contributed by atoms with Gasteiger partial charge in [-0.1, -0.05) is 31.2 Å². The molecular formula is C16H19ClO3. The van der Waals surface area contributed by atoms with Crippen LogP contribution in [0.25, 0.3) is 10.8 Å². The number of hydrogen-bond donors (Lipinski definition) is 0. The maximum atomic E-state index is 5.84. The van der Waals surface area contributed by atoms with E-state index in [0.29, 0.717) is 24.8 Å². The fraction of sp³-hybridized carbons (Fsp3) is 0.375. The number of fused-ring (bicyclic) bond motifs is 1. The molecule has 4 heteroatoms. The molecule has 0 spiro atoms. The predicted octanol–water partition coefficient (Wildman–Crippen LogP) is 4.25. The summed E-state index contributed by atoms with van der Waals surface area (Å²) >= 11 is 5.70. The van der Waals surface area contributed by atoms with E-state index in [0.717, 1.165) is 28.7 Å². The quantitative estimate of drug-likeness (QED) is 0.714. The van der Waals surface area contributed by atoms with E-state index in [1.54, 1.807) is 7.11 Å². The minimum atomic E-state index is 0.449. The van der Waals surface area contributed by atoms with Gasteiger partial charge in [0.25, 0.3) is 0 Å². The zero-order valence-corrected chi connectivity index (χ0v) is 12.6. The molecule has 0 saturated carbocycles. The smallest absolute Gasteiger partial charge is 0.169 e. The van der Waals surface area contributed by atoms with Gasteiger partial charge in [0.1, 0.15) is 12.4 Å². The van der Waals surface area contributed by atoms with Gasteiger partial charge in [-0.3, -0.25) is 0 Å². The first-order valence-corrected chi connectivity index (χ1v) is 7.26. The lowest BCUT2D eigenvalue weighted by Gasteiger charge is -2.16. The summed E-state index contributed by atoms with van der Waals surface area (Å²) in [5, 5.41) is 1.99. The Hall–Kier alpha value is -1.61. The molecule has 0 saturated heterocycles.